The molecule has 2 aliphatic rings. The lowest BCUT2D eigenvalue weighted by Gasteiger charge is -2.38. The number of benzene rings is 2. The van der Waals surface area contributed by atoms with E-state index < -0.39 is 11.2 Å². The third-order valence-corrected chi connectivity index (χ3v) is 9.23. The summed E-state index contributed by atoms with van der Waals surface area (Å²) in [6, 6.07) is 16.5. The first-order valence-corrected chi connectivity index (χ1v) is 17.4. The van der Waals surface area contributed by atoms with Crippen molar-refractivity contribution in [3.63, 3.8) is 0 Å². The van der Waals surface area contributed by atoms with Gasteiger partial charge in [0, 0.05) is 38.9 Å². The fourth-order valence-electron chi connectivity index (χ4n) is 6.68. The lowest BCUT2D eigenvalue weighted by molar-refractivity contribution is -0.165. The van der Waals surface area contributed by atoms with E-state index in [1.807, 2.05) is 70.7 Å². The predicted molar refractivity (Wildman–Crippen MR) is 192 cm³/mol. The molecule has 0 spiro atoms. The van der Waals surface area contributed by atoms with Crippen LogP contribution in [0.25, 0.3) is 11.3 Å². The third-order valence-electron chi connectivity index (χ3n) is 9.23. The lowest BCUT2D eigenvalue weighted by Crippen LogP contribution is -2.49. The molecule has 264 valence electrons. The van der Waals surface area contributed by atoms with Gasteiger partial charge in [0.05, 0.1) is 17.7 Å². The molecule has 2 atom stereocenters. The Morgan fingerprint density at radius 2 is 1.59 bits per heavy atom. The number of carbonyl (C=O) groups excluding carboxylic acids is 2. The van der Waals surface area contributed by atoms with Crippen LogP contribution in [0.3, 0.4) is 0 Å². The zero-order chi connectivity index (χ0) is 35.5. The number of rotatable bonds is 7. The van der Waals surface area contributed by atoms with Crippen molar-refractivity contribution in [3.05, 3.63) is 76.3 Å². The molecule has 2 aliphatic heterocycles. The zero-order valence-corrected chi connectivity index (χ0v) is 30.7. The molecular weight excluding hydrogens is 618 g/mol. The Morgan fingerprint density at radius 3 is 2.31 bits per heavy atom. The molecule has 0 N–H and O–H groups in total. The van der Waals surface area contributed by atoms with Gasteiger partial charge < -0.3 is 28.7 Å². The van der Waals surface area contributed by atoms with Gasteiger partial charge in [0.1, 0.15) is 29.4 Å². The van der Waals surface area contributed by atoms with Gasteiger partial charge in [-0.2, -0.15) is 0 Å². The third kappa shape index (κ3) is 8.93. The molecule has 1 aromatic heterocycles. The van der Waals surface area contributed by atoms with Crippen LogP contribution >= 0.6 is 0 Å². The Labute approximate surface area is 291 Å². The number of nitrogens with zero attached hydrogens (tertiary/aromatic N) is 3. The first kappa shape index (κ1) is 36.2. The average molecular weight is 672 g/mol. The van der Waals surface area contributed by atoms with Gasteiger partial charge in [0.25, 0.3) is 0 Å². The average Bonchev–Trinajstić information content (AvgIpc) is 3.26. The largest absolute Gasteiger partial charge is 0.488 e. The van der Waals surface area contributed by atoms with Crippen molar-refractivity contribution in [3.8, 4) is 17.0 Å². The molecule has 0 radical (unpaired) electrons. The van der Waals surface area contributed by atoms with Crippen LogP contribution in [0.5, 0.6) is 5.75 Å². The highest BCUT2D eigenvalue weighted by Crippen LogP contribution is 2.35. The van der Waals surface area contributed by atoms with Crippen molar-refractivity contribution >= 4 is 17.9 Å². The van der Waals surface area contributed by atoms with Crippen LogP contribution in [0.1, 0.15) is 75.8 Å². The summed E-state index contributed by atoms with van der Waals surface area (Å²) in [7, 11) is 1.65. The highest BCUT2D eigenvalue weighted by Gasteiger charge is 2.37. The number of fused-ring (bicyclic) bond motifs is 1. The van der Waals surface area contributed by atoms with Crippen molar-refractivity contribution in [1.29, 1.82) is 0 Å². The number of ether oxygens (including phenoxy) is 4. The summed E-state index contributed by atoms with van der Waals surface area (Å²) in [5.41, 5.74) is 6.61. The summed E-state index contributed by atoms with van der Waals surface area (Å²) in [6.45, 7) is 18.5. The fraction of sp³-hybridized carbons (Fsp3) is 0.525. The maximum atomic E-state index is 12.9. The molecule has 2 aromatic carbocycles. The number of aromatic nitrogens is 1. The molecule has 0 saturated carbocycles. The van der Waals surface area contributed by atoms with Crippen molar-refractivity contribution < 1.29 is 28.5 Å². The van der Waals surface area contributed by atoms with E-state index in [1.54, 1.807) is 7.11 Å². The molecule has 5 rings (SSSR count). The second-order valence-electron chi connectivity index (χ2n) is 15.2. The maximum absolute atomic E-state index is 12.9. The molecule has 1 saturated heterocycles. The Bertz CT molecular complexity index is 1660. The lowest BCUT2D eigenvalue weighted by atomic mass is 9.93. The minimum atomic E-state index is -0.543. The SMILES string of the molecule is CO[C@H]1CN(c2cccc(-c3cccc(C)c3OCc3ccc4c(c3C)CCN(C(=O)OC(C)(C)C)CC4)n2)CC[C@H]1C(=O)OC(C)(C)C. The monoisotopic (exact) mass is 671 g/mol. The van der Waals surface area contributed by atoms with Gasteiger partial charge in [-0.05, 0) is 121 Å². The summed E-state index contributed by atoms with van der Waals surface area (Å²) < 4.78 is 23.7. The quantitative estimate of drug-likeness (QED) is 0.239. The molecule has 9 heteroatoms. The molecule has 0 bridgehead atoms. The molecule has 1 amide bonds. The number of carbonyl (C=O) groups is 2. The topological polar surface area (TPSA) is 90.4 Å². The van der Waals surface area contributed by atoms with Gasteiger partial charge in [0.15, 0.2) is 0 Å². The number of methoxy groups -OCH3 is 1. The van der Waals surface area contributed by atoms with Gasteiger partial charge in [0.2, 0.25) is 0 Å². The van der Waals surface area contributed by atoms with E-state index in [4.69, 9.17) is 23.9 Å². The van der Waals surface area contributed by atoms with Crippen LogP contribution in [0.2, 0.25) is 0 Å². The maximum Gasteiger partial charge on any atom is 0.410 e. The Kier molecular flexibility index (Phi) is 10.9. The smallest absolute Gasteiger partial charge is 0.410 e. The van der Waals surface area contributed by atoms with Crippen molar-refractivity contribution in [1.82, 2.24) is 9.88 Å². The van der Waals surface area contributed by atoms with Gasteiger partial charge in [-0.3, -0.25) is 4.79 Å². The fourth-order valence-corrected chi connectivity index (χ4v) is 6.68. The van der Waals surface area contributed by atoms with Crippen LogP contribution in [-0.2, 0) is 38.5 Å². The number of para-hydroxylation sites is 1. The number of hydrogen-bond donors (Lipinski definition) is 0. The molecule has 3 aromatic rings. The number of piperidine rings is 1. The molecule has 9 nitrogen and oxygen atoms in total. The summed E-state index contributed by atoms with van der Waals surface area (Å²) >= 11 is 0. The first-order valence-electron chi connectivity index (χ1n) is 17.4. The molecule has 49 heavy (non-hydrogen) atoms. The van der Waals surface area contributed by atoms with E-state index in [1.165, 1.54) is 16.7 Å². The van der Waals surface area contributed by atoms with Gasteiger partial charge >= 0.3 is 12.1 Å². The van der Waals surface area contributed by atoms with Crippen molar-refractivity contribution in [2.24, 2.45) is 5.92 Å². The van der Waals surface area contributed by atoms with Crippen LogP contribution in [-0.4, -0.2) is 72.5 Å². The Balaban J connectivity index is 1.31. The van der Waals surface area contributed by atoms with E-state index in [2.05, 4.69) is 43.0 Å². The van der Waals surface area contributed by atoms with E-state index in [0.29, 0.717) is 39.2 Å². The highest BCUT2D eigenvalue weighted by atomic mass is 16.6. The second kappa shape index (κ2) is 14.8. The molecular formula is C40H53N3O6. The van der Waals surface area contributed by atoms with Crippen LogP contribution < -0.4 is 9.64 Å². The minimum absolute atomic E-state index is 0.213. The van der Waals surface area contributed by atoms with Crippen LogP contribution in [0, 0.1) is 19.8 Å². The van der Waals surface area contributed by atoms with Crippen LogP contribution in [0.15, 0.2) is 48.5 Å². The van der Waals surface area contributed by atoms with Gasteiger partial charge in [-0.15, -0.1) is 0 Å². The van der Waals surface area contributed by atoms with E-state index in [0.717, 1.165) is 46.8 Å². The van der Waals surface area contributed by atoms with Gasteiger partial charge in [-0.1, -0.05) is 30.3 Å². The summed E-state index contributed by atoms with van der Waals surface area (Å²) in [6.07, 6.45) is 1.65. The number of pyridine rings is 1. The van der Waals surface area contributed by atoms with Crippen molar-refractivity contribution in [2.75, 3.05) is 38.2 Å². The molecule has 1 fully saturated rings. The summed E-state index contributed by atoms with van der Waals surface area (Å²) in [5, 5.41) is 0. The Morgan fingerprint density at radius 1 is 0.878 bits per heavy atom. The molecule has 0 unspecified atom stereocenters. The second-order valence-corrected chi connectivity index (χ2v) is 15.2. The van der Waals surface area contributed by atoms with Gasteiger partial charge in [-0.25, -0.2) is 9.78 Å². The van der Waals surface area contributed by atoms with E-state index in [9.17, 15) is 9.59 Å². The Hall–Kier alpha value is -4.11. The normalized spacial score (nSPS) is 18.4. The number of aryl methyl sites for hydroxylation is 1. The number of esters is 1. The van der Waals surface area contributed by atoms with E-state index >= 15 is 0 Å². The van der Waals surface area contributed by atoms with Crippen molar-refractivity contribution in [2.45, 2.75) is 98.6 Å². The first-order chi connectivity index (χ1) is 23.1. The number of anilines is 1. The zero-order valence-electron chi connectivity index (χ0n) is 30.7. The van der Waals surface area contributed by atoms with E-state index in [-0.39, 0.29) is 24.1 Å². The number of amides is 1. The van der Waals surface area contributed by atoms with Crippen LogP contribution in [0.4, 0.5) is 10.6 Å². The minimum Gasteiger partial charge on any atom is -0.488 e. The molecule has 3 heterocycles. The highest BCUT2D eigenvalue weighted by molar-refractivity contribution is 5.74. The summed E-state index contributed by atoms with van der Waals surface area (Å²) in [4.78, 5) is 34.8. The molecule has 0 aliphatic carbocycles. The summed E-state index contributed by atoms with van der Waals surface area (Å²) in [5.74, 6) is 1.10. The predicted octanol–water partition coefficient (Wildman–Crippen LogP) is 7.46. The standard InChI is InChI=1S/C40H53N3O6/c1-26-12-10-13-31(33-14-11-15-35(41-33)43-23-20-32(34(24-43)46-9)37(44)48-39(3,4)5)36(26)47-25-29-17-16-28-18-21-42(22-19-30(28)27(29)2)38(45)49-40(6,7)8/h10-17,32,34H,18-25H2,1-9H3/t32-,34+/m1/s1. The number of hydrogen-bond acceptors (Lipinski definition) is 8.